The van der Waals surface area contributed by atoms with E-state index in [4.69, 9.17) is 0 Å². The third-order valence-corrected chi connectivity index (χ3v) is 12.7. The summed E-state index contributed by atoms with van der Waals surface area (Å²) in [5.74, 6) is -5.12. The van der Waals surface area contributed by atoms with Crippen molar-refractivity contribution in [2.24, 2.45) is 0 Å². The van der Waals surface area contributed by atoms with Crippen LogP contribution in [0.5, 0.6) is 0 Å². The monoisotopic (exact) mass is 946 g/mol. The number of aliphatic carboxylic acids is 1. The summed E-state index contributed by atoms with van der Waals surface area (Å²) in [5, 5.41) is 28.8. The maximum Gasteiger partial charge on any atom is 0.326 e. The third-order valence-electron chi connectivity index (χ3n) is 11.8. The number of rotatable bonds is 13. The molecule has 8 rings (SSSR count). The molecule has 6 amide bonds. The van der Waals surface area contributed by atoms with Gasteiger partial charge in [0, 0.05) is 49.1 Å². The van der Waals surface area contributed by atoms with Crippen LogP contribution in [0.1, 0.15) is 46.4 Å². The van der Waals surface area contributed by atoms with Crippen molar-refractivity contribution in [2.45, 2.75) is 81.6 Å². The van der Waals surface area contributed by atoms with Crippen LogP contribution in [0.4, 0.5) is 5.69 Å². The lowest BCUT2D eigenvalue weighted by molar-refractivity contribution is -0.142. The molecule has 2 aliphatic heterocycles. The number of carboxylic acids is 1. The predicted molar refractivity (Wildman–Crippen MR) is 264 cm³/mol. The minimum atomic E-state index is -1.32. The summed E-state index contributed by atoms with van der Waals surface area (Å²) in [6.07, 6.45) is -0.00341. The summed E-state index contributed by atoms with van der Waals surface area (Å²) >= 11 is 1.40. The zero-order valence-corrected chi connectivity index (χ0v) is 38.6. The quantitative estimate of drug-likeness (QED) is 0.0728. The Kier molecular flexibility index (Phi) is 17.2. The highest BCUT2D eigenvalue weighted by molar-refractivity contribution is 7.09. The number of thiophene rings is 1. The Morgan fingerprint density at radius 2 is 1.10 bits per heavy atom. The van der Waals surface area contributed by atoms with Gasteiger partial charge >= 0.3 is 5.97 Å². The van der Waals surface area contributed by atoms with Gasteiger partial charge in [-0.3, -0.25) is 28.8 Å². The number of benzene rings is 5. The molecule has 1 aromatic heterocycles. The number of fused-ring (bicyclic) bond motifs is 18. The standard InChI is InChI=1S/C54H54N6O8S/c61-48-28-29-49(62)56-47(34-42-17-10-30-69-42)53(66)60-46(32-37-18-23-40(24-19-37)39-15-8-3-9-16-39)52(65)58-44(31-36-13-6-2-7-14-36)51(64)59-45(33-38-20-25-41(55-48)26-21-38)50(63)57-43(54(67)68)27-22-35-11-4-1-5-12-35/h1-21,23-26,30,43-47H,22,27-29,31-34H2,(H,55,61)(H,56,62)(H,57,63)(H,58,65)(H,59,64)(H,60,66)(H,67,68)/t43-,44+,45-,46-,47?/m0/s1. The molecular formula is C54H54N6O8S. The lowest BCUT2D eigenvalue weighted by Crippen LogP contribution is -2.60. The van der Waals surface area contributed by atoms with Crippen LogP contribution < -0.4 is 31.9 Å². The summed E-state index contributed by atoms with van der Waals surface area (Å²) in [6, 6.07) is 39.4. The number of amides is 6. The molecule has 5 atom stereocenters. The van der Waals surface area contributed by atoms with E-state index in [0.717, 1.165) is 21.6 Å². The van der Waals surface area contributed by atoms with E-state index in [1.165, 1.54) is 11.3 Å². The van der Waals surface area contributed by atoms with Gasteiger partial charge in [-0.05, 0) is 69.8 Å². The van der Waals surface area contributed by atoms with Gasteiger partial charge in [0.25, 0.3) is 0 Å². The predicted octanol–water partition coefficient (Wildman–Crippen LogP) is 5.56. The molecular weight excluding hydrogens is 893 g/mol. The van der Waals surface area contributed by atoms with Crippen LogP contribution >= 0.6 is 11.3 Å². The molecule has 0 saturated carbocycles. The second kappa shape index (κ2) is 24.2. The first-order valence-electron chi connectivity index (χ1n) is 22.8. The van der Waals surface area contributed by atoms with Crippen LogP contribution in [-0.2, 0) is 65.7 Å². The Morgan fingerprint density at radius 1 is 0.565 bits per heavy atom. The van der Waals surface area contributed by atoms with Crippen LogP contribution in [0.2, 0.25) is 0 Å². The van der Waals surface area contributed by atoms with Gasteiger partial charge in [0.05, 0.1) is 0 Å². The fourth-order valence-corrected chi connectivity index (χ4v) is 8.75. The second-order valence-corrected chi connectivity index (χ2v) is 17.9. The van der Waals surface area contributed by atoms with Crippen LogP contribution in [0.3, 0.4) is 0 Å². The summed E-state index contributed by atoms with van der Waals surface area (Å²) in [4.78, 5) is 97.9. The molecule has 0 spiro atoms. The molecule has 1 unspecified atom stereocenters. The Morgan fingerprint density at radius 3 is 1.70 bits per heavy atom. The van der Waals surface area contributed by atoms with Crippen LogP contribution in [0, 0.1) is 0 Å². The largest absolute Gasteiger partial charge is 0.480 e. The van der Waals surface area contributed by atoms with Crippen molar-refractivity contribution in [3.05, 3.63) is 184 Å². The molecule has 354 valence electrons. The number of aryl methyl sites for hydroxylation is 1. The van der Waals surface area contributed by atoms with Crippen molar-refractivity contribution >= 4 is 58.4 Å². The molecule has 69 heavy (non-hydrogen) atoms. The van der Waals surface area contributed by atoms with Crippen molar-refractivity contribution in [3.8, 4) is 11.1 Å². The fraction of sp³-hybridized carbons (Fsp3) is 0.241. The fourth-order valence-electron chi connectivity index (χ4n) is 8.00. The lowest BCUT2D eigenvalue weighted by Gasteiger charge is -2.27. The van der Waals surface area contributed by atoms with Crippen molar-refractivity contribution in [1.29, 1.82) is 0 Å². The number of nitrogens with one attached hydrogen (secondary N) is 6. The van der Waals surface area contributed by atoms with Gasteiger partial charge in [0.2, 0.25) is 35.4 Å². The topological polar surface area (TPSA) is 212 Å². The summed E-state index contributed by atoms with van der Waals surface area (Å²) in [6.45, 7) is 0. The highest BCUT2D eigenvalue weighted by Crippen LogP contribution is 2.21. The number of anilines is 1. The Labute approximate surface area is 404 Å². The molecule has 0 aliphatic carbocycles. The average molecular weight is 947 g/mol. The van der Waals surface area contributed by atoms with E-state index in [9.17, 15) is 38.7 Å². The smallest absolute Gasteiger partial charge is 0.326 e. The van der Waals surface area contributed by atoms with Crippen molar-refractivity contribution in [1.82, 2.24) is 26.6 Å². The normalized spacial score (nSPS) is 18.8. The molecule has 3 heterocycles. The van der Waals surface area contributed by atoms with E-state index in [-0.39, 0.29) is 44.9 Å². The maximum absolute atomic E-state index is 14.8. The SMILES string of the molecule is O=C1CCC(=O)NC(Cc2cccs2)C(=O)N[C@@H](Cc2ccc(-c3ccccc3)cc2)C(=O)N[C@H](Cc2ccccc2)C(=O)N[C@H](C(=O)N[C@@H](CCc2ccccc2)C(=O)O)Cc2ccc(cc2)N1. The van der Waals surface area contributed by atoms with E-state index >= 15 is 0 Å². The first kappa shape index (κ1) is 49.0. The zero-order chi connectivity index (χ0) is 48.5. The molecule has 14 nitrogen and oxygen atoms in total. The Balaban J connectivity index is 1.22. The number of hydrogen-bond donors (Lipinski definition) is 7. The highest BCUT2D eigenvalue weighted by Gasteiger charge is 2.33. The highest BCUT2D eigenvalue weighted by atomic mass is 32.1. The Bertz CT molecular complexity index is 2690. The molecule has 0 fully saturated rings. The van der Waals surface area contributed by atoms with Crippen molar-refractivity contribution < 1.29 is 38.7 Å². The van der Waals surface area contributed by atoms with E-state index in [1.807, 2.05) is 109 Å². The van der Waals surface area contributed by atoms with Crippen LogP contribution in [0.25, 0.3) is 11.1 Å². The molecule has 7 N–H and O–H groups in total. The molecule has 0 radical (unpaired) electrons. The van der Waals surface area contributed by atoms with Gasteiger partial charge < -0.3 is 37.0 Å². The van der Waals surface area contributed by atoms with Gasteiger partial charge in [0.15, 0.2) is 0 Å². The van der Waals surface area contributed by atoms with Gasteiger partial charge in [-0.1, -0.05) is 133 Å². The molecule has 0 saturated heterocycles. The van der Waals surface area contributed by atoms with Gasteiger partial charge in [-0.15, -0.1) is 11.3 Å². The molecule has 6 aromatic rings. The average Bonchev–Trinajstić information content (AvgIpc) is 3.88. The minimum Gasteiger partial charge on any atom is -0.480 e. The summed E-state index contributed by atoms with van der Waals surface area (Å²) in [5.41, 5.74) is 5.16. The van der Waals surface area contributed by atoms with Crippen LogP contribution in [-0.4, -0.2) is 76.7 Å². The molecule has 2 bridgehead atoms. The van der Waals surface area contributed by atoms with E-state index in [1.54, 1.807) is 48.5 Å². The van der Waals surface area contributed by atoms with Crippen LogP contribution in [0.15, 0.2) is 157 Å². The van der Waals surface area contributed by atoms with E-state index in [0.29, 0.717) is 28.8 Å². The third kappa shape index (κ3) is 14.8. The number of carbonyl (C=O) groups is 7. The summed E-state index contributed by atoms with van der Waals surface area (Å²) in [7, 11) is 0. The first-order chi connectivity index (χ1) is 33.4. The van der Waals surface area contributed by atoms with E-state index < -0.39 is 71.6 Å². The molecule has 5 aromatic carbocycles. The van der Waals surface area contributed by atoms with Crippen molar-refractivity contribution in [3.63, 3.8) is 0 Å². The van der Waals surface area contributed by atoms with E-state index in [2.05, 4.69) is 31.9 Å². The maximum atomic E-state index is 14.8. The molecule has 15 heteroatoms. The van der Waals surface area contributed by atoms with Gasteiger partial charge in [-0.2, -0.15) is 0 Å². The Hall–Kier alpha value is -7.91. The van der Waals surface area contributed by atoms with Crippen molar-refractivity contribution in [2.75, 3.05) is 5.32 Å². The molecule has 2 aliphatic rings. The lowest BCUT2D eigenvalue weighted by atomic mass is 9.98. The van der Waals surface area contributed by atoms with Gasteiger partial charge in [0.1, 0.15) is 30.2 Å². The zero-order valence-electron chi connectivity index (χ0n) is 37.8. The van der Waals surface area contributed by atoms with Gasteiger partial charge in [-0.25, -0.2) is 4.79 Å². The number of carbonyl (C=O) groups excluding carboxylic acids is 6. The summed E-state index contributed by atoms with van der Waals surface area (Å²) < 4.78 is 0. The first-order valence-corrected chi connectivity index (χ1v) is 23.7. The number of carboxylic acid groups (broad SMARTS) is 1. The minimum absolute atomic E-state index is 0.00737. The number of hydrogen-bond acceptors (Lipinski definition) is 8. The second-order valence-electron chi connectivity index (χ2n) is 16.9.